The molecule has 3 nitrogen and oxygen atoms in total. The quantitative estimate of drug-likeness (QED) is 0.810. The van der Waals surface area contributed by atoms with Gasteiger partial charge in [-0.25, -0.2) is 4.39 Å². The molecular weight excluding hydrogens is 265 g/mol. The molecule has 0 unspecified atom stereocenters. The molecular formula is C10H11BrFNO2. The largest absolute Gasteiger partial charge is 0.481 e. The molecule has 0 amide bonds. The Bertz CT molecular complexity index is 357. The van der Waals surface area contributed by atoms with Crippen molar-refractivity contribution >= 4 is 21.9 Å². The molecule has 1 rings (SSSR count). The Balaban J connectivity index is 2.43. The molecule has 15 heavy (non-hydrogen) atoms. The summed E-state index contributed by atoms with van der Waals surface area (Å²) in [5.74, 6) is -1.15. The molecule has 0 atom stereocenters. The van der Waals surface area contributed by atoms with Gasteiger partial charge in [0.25, 0.3) is 0 Å². The van der Waals surface area contributed by atoms with E-state index in [1.807, 2.05) is 0 Å². The van der Waals surface area contributed by atoms with Crippen LogP contribution in [-0.4, -0.2) is 17.6 Å². The molecule has 1 aromatic carbocycles. The Morgan fingerprint density at radius 1 is 1.53 bits per heavy atom. The highest BCUT2D eigenvalue weighted by Crippen LogP contribution is 2.15. The van der Waals surface area contributed by atoms with Crippen LogP contribution in [0.1, 0.15) is 12.0 Å². The maximum absolute atomic E-state index is 13.2. The van der Waals surface area contributed by atoms with Gasteiger partial charge in [-0.1, -0.05) is 15.9 Å². The summed E-state index contributed by atoms with van der Waals surface area (Å²) in [4.78, 5) is 10.2. The lowest BCUT2D eigenvalue weighted by Gasteiger charge is -2.05. The van der Waals surface area contributed by atoms with E-state index in [2.05, 4.69) is 21.2 Å². The van der Waals surface area contributed by atoms with Gasteiger partial charge < -0.3 is 10.4 Å². The van der Waals surface area contributed by atoms with E-state index in [0.29, 0.717) is 18.7 Å². The summed E-state index contributed by atoms with van der Waals surface area (Å²) in [6.45, 7) is 0.667. The minimum absolute atomic E-state index is 0.0373. The molecule has 0 saturated heterocycles. The summed E-state index contributed by atoms with van der Waals surface area (Å²) < 4.78 is 14.0. The number of carboxylic acid groups (broad SMARTS) is 1. The molecule has 0 aliphatic carbocycles. The average Bonchev–Trinajstić information content (AvgIpc) is 2.17. The van der Waals surface area contributed by atoms with Gasteiger partial charge in [-0.3, -0.25) is 4.79 Å². The van der Waals surface area contributed by atoms with Gasteiger partial charge in [0, 0.05) is 23.1 Å². The van der Waals surface area contributed by atoms with E-state index in [1.54, 1.807) is 12.1 Å². The first-order chi connectivity index (χ1) is 7.09. The normalized spacial score (nSPS) is 10.3. The second-order valence-corrected chi connectivity index (χ2v) is 3.97. The molecule has 2 N–H and O–H groups in total. The maximum atomic E-state index is 13.2. The monoisotopic (exact) mass is 275 g/mol. The zero-order valence-corrected chi connectivity index (χ0v) is 9.55. The Morgan fingerprint density at radius 3 is 2.93 bits per heavy atom. The standard InChI is InChI=1S/C10H11BrFNO2/c11-8-1-2-9(12)7(5-8)6-13-4-3-10(14)15/h1-2,5,13H,3-4,6H2,(H,14,15). The van der Waals surface area contributed by atoms with Gasteiger partial charge >= 0.3 is 5.97 Å². The van der Waals surface area contributed by atoms with E-state index in [4.69, 9.17) is 5.11 Å². The van der Waals surface area contributed by atoms with Crippen LogP contribution in [0.15, 0.2) is 22.7 Å². The number of hydrogen-bond acceptors (Lipinski definition) is 2. The number of rotatable bonds is 5. The van der Waals surface area contributed by atoms with E-state index >= 15 is 0 Å². The van der Waals surface area contributed by atoms with Crippen LogP contribution >= 0.6 is 15.9 Å². The fraction of sp³-hybridized carbons (Fsp3) is 0.300. The SMILES string of the molecule is O=C(O)CCNCc1cc(Br)ccc1F. The molecule has 0 spiro atoms. The highest BCUT2D eigenvalue weighted by Gasteiger charge is 2.02. The molecule has 0 aliphatic rings. The zero-order chi connectivity index (χ0) is 11.3. The first kappa shape index (κ1) is 12.1. The second kappa shape index (κ2) is 5.82. The summed E-state index contributed by atoms with van der Waals surface area (Å²) >= 11 is 3.24. The maximum Gasteiger partial charge on any atom is 0.304 e. The van der Waals surface area contributed by atoms with Crippen molar-refractivity contribution in [2.75, 3.05) is 6.54 Å². The van der Waals surface area contributed by atoms with Crippen LogP contribution in [0.4, 0.5) is 4.39 Å². The Labute approximate surface area is 95.4 Å². The molecule has 1 aromatic rings. The highest BCUT2D eigenvalue weighted by atomic mass is 79.9. The predicted molar refractivity (Wildman–Crippen MR) is 58.1 cm³/mol. The minimum atomic E-state index is -0.864. The molecule has 0 aliphatic heterocycles. The lowest BCUT2D eigenvalue weighted by Crippen LogP contribution is -2.18. The first-order valence-corrected chi connectivity index (χ1v) is 5.25. The number of benzene rings is 1. The van der Waals surface area contributed by atoms with Crippen LogP contribution in [0.5, 0.6) is 0 Å². The average molecular weight is 276 g/mol. The molecule has 0 fully saturated rings. The molecule has 5 heteroatoms. The summed E-state index contributed by atoms with van der Waals surface area (Å²) in [6, 6.07) is 4.66. The lowest BCUT2D eigenvalue weighted by molar-refractivity contribution is -0.136. The van der Waals surface area contributed by atoms with Crippen molar-refractivity contribution < 1.29 is 14.3 Å². The van der Waals surface area contributed by atoms with Gasteiger partial charge in [-0.05, 0) is 18.2 Å². The third-order valence-corrected chi connectivity index (χ3v) is 2.33. The van der Waals surface area contributed by atoms with Gasteiger partial charge in [-0.2, -0.15) is 0 Å². The fourth-order valence-corrected chi connectivity index (χ4v) is 1.51. The van der Waals surface area contributed by atoms with Gasteiger partial charge in [0.1, 0.15) is 5.82 Å². The number of nitrogens with one attached hydrogen (secondary N) is 1. The van der Waals surface area contributed by atoms with E-state index in [1.165, 1.54) is 6.07 Å². The van der Waals surface area contributed by atoms with E-state index in [-0.39, 0.29) is 12.2 Å². The first-order valence-electron chi connectivity index (χ1n) is 4.46. The number of hydrogen-bond donors (Lipinski definition) is 2. The second-order valence-electron chi connectivity index (χ2n) is 3.06. The Kier molecular flexibility index (Phi) is 4.71. The smallest absolute Gasteiger partial charge is 0.304 e. The van der Waals surface area contributed by atoms with Crippen LogP contribution in [-0.2, 0) is 11.3 Å². The van der Waals surface area contributed by atoms with E-state index < -0.39 is 5.97 Å². The van der Waals surface area contributed by atoms with Crippen LogP contribution in [0, 0.1) is 5.82 Å². The third-order valence-electron chi connectivity index (χ3n) is 1.84. The van der Waals surface area contributed by atoms with Crippen LogP contribution < -0.4 is 5.32 Å². The van der Waals surface area contributed by atoms with Crippen LogP contribution in [0.2, 0.25) is 0 Å². The molecule has 0 heterocycles. The molecule has 0 aromatic heterocycles. The summed E-state index contributed by atoms with van der Waals surface area (Å²) in [6.07, 6.45) is 0.0373. The van der Waals surface area contributed by atoms with Crippen molar-refractivity contribution in [2.24, 2.45) is 0 Å². The third kappa shape index (κ3) is 4.40. The van der Waals surface area contributed by atoms with Gasteiger partial charge in [-0.15, -0.1) is 0 Å². The highest BCUT2D eigenvalue weighted by molar-refractivity contribution is 9.10. The van der Waals surface area contributed by atoms with Gasteiger partial charge in [0.05, 0.1) is 6.42 Å². The van der Waals surface area contributed by atoms with Gasteiger partial charge in [0.15, 0.2) is 0 Å². The number of halogens is 2. The van der Waals surface area contributed by atoms with Crippen LogP contribution in [0.3, 0.4) is 0 Å². The van der Waals surface area contributed by atoms with E-state index in [0.717, 1.165) is 4.47 Å². The summed E-state index contributed by atoms with van der Waals surface area (Å²) in [5.41, 5.74) is 0.523. The van der Waals surface area contributed by atoms with E-state index in [9.17, 15) is 9.18 Å². The number of aliphatic carboxylic acids is 1. The van der Waals surface area contributed by atoms with Crippen molar-refractivity contribution in [3.05, 3.63) is 34.1 Å². The molecule has 0 bridgehead atoms. The molecule has 0 saturated carbocycles. The predicted octanol–water partition coefficient (Wildman–Crippen LogP) is 2.15. The molecule has 82 valence electrons. The Hall–Kier alpha value is -0.940. The van der Waals surface area contributed by atoms with Crippen molar-refractivity contribution in [2.45, 2.75) is 13.0 Å². The minimum Gasteiger partial charge on any atom is -0.481 e. The zero-order valence-electron chi connectivity index (χ0n) is 7.96. The number of carbonyl (C=O) groups is 1. The lowest BCUT2D eigenvalue weighted by atomic mass is 10.2. The topological polar surface area (TPSA) is 49.3 Å². The fourth-order valence-electron chi connectivity index (χ4n) is 1.10. The summed E-state index contributed by atoms with van der Waals surface area (Å²) in [7, 11) is 0. The van der Waals surface area contributed by atoms with Crippen LogP contribution in [0.25, 0.3) is 0 Å². The van der Waals surface area contributed by atoms with Crippen molar-refractivity contribution in [3.63, 3.8) is 0 Å². The Morgan fingerprint density at radius 2 is 2.27 bits per heavy atom. The van der Waals surface area contributed by atoms with Crippen molar-refractivity contribution in [3.8, 4) is 0 Å². The van der Waals surface area contributed by atoms with Crippen molar-refractivity contribution in [1.82, 2.24) is 5.32 Å². The number of carboxylic acids is 1. The molecule has 0 radical (unpaired) electrons. The van der Waals surface area contributed by atoms with Crippen molar-refractivity contribution in [1.29, 1.82) is 0 Å². The summed E-state index contributed by atoms with van der Waals surface area (Å²) in [5, 5.41) is 11.2. The van der Waals surface area contributed by atoms with Gasteiger partial charge in [0.2, 0.25) is 0 Å².